The van der Waals surface area contributed by atoms with Gasteiger partial charge in [-0.25, -0.2) is 0 Å². The van der Waals surface area contributed by atoms with E-state index in [1.807, 2.05) is 33.8 Å². The van der Waals surface area contributed by atoms with Crippen LogP contribution in [0.2, 0.25) is 0 Å². The summed E-state index contributed by atoms with van der Waals surface area (Å²) in [4.78, 5) is 48.8. The molecule has 0 aliphatic heterocycles. The molecule has 0 aromatic carbocycles. The van der Waals surface area contributed by atoms with Crippen molar-refractivity contribution >= 4 is 22.8 Å². The van der Waals surface area contributed by atoms with Gasteiger partial charge in [-0.2, -0.15) is 0 Å². The number of rotatable bonds is 8. The Morgan fingerprint density at radius 1 is 1.21 bits per heavy atom. The van der Waals surface area contributed by atoms with E-state index in [0.29, 0.717) is 35.4 Å². The standard InChI is InChI=1S/C25H33N5O4/c1-14(2)12-29(13-15(3)4)24(33)17-10-16(5)30(25(34)22(17)31)21(23(32)26-6)18-11-28-19-8-7-9-27-20(18)19/h7-11,14-15,21,28,31H,12-13H2,1-6H3,(H,26,32). The molecule has 0 aliphatic carbocycles. The number of carbonyl (C=O) groups is 2. The van der Waals surface area contributed by atoms with Gasteiger partial charge in [-0.05, 0) is 37.0 Å². The van der Waals surface area contributed by atoms with Crippen molar-refractivity contribution in [3.8, 4) is 5.75 Å². The molecule has 2 amide bonds. The third kappa shape index (κ3) is 4.83. The zero-order chi connectivity index (χ0) is 25.2. The predicted molar refractivity (Wildman–Crippen MR) is 131 cm³/mol. The van der Waals surface area contributed by atoms with E-state index >= 15 is 0 Å². The Bertz CT molecular complexity index is 1250. The summed E-state index contributed by atoms with van der Waals surface area (Å²) in [6, 6.07) is 3.98. The maximum atomic E-state index is 13.4. The normalized spacial score (nSPS) is 12.4. The second-order valence-electron chi connectivity index (χ2n) is 9.38. The lowest BCUT2D eigenvalue weighted by atomic mass is 10.0. The van der Waals surface area contributed by atoms with Gasteiger partial charge >= 0.3 is 0 Å². The maximum absolute atomic E-state index is 13.4. The lowest BCUT2D eigenvalue weighted by molar-refractivity contribution is -0.122. The SMILES string of the molecule is CNC(=O)C(c1c[nH]c2cccnc12)n1c(C)cc(C(=O)N(CC(C)C)CC(C)C)c(O)c1=O. The Labute approximate surface area is 198 Å². The van der Waals surface area contributed by atoms with Gasteiger partial charge in [-0.1, -0.05) is 27.7 Å². The third-order valence-corrected chi connectivity index (χ3v) is 5.61. The number of aryl methyl sites for hydroxylation is 1. The largest absolute Gasteiger partial charge is 0.502 e. The molecule has 9 nitrogen and oxygen atoms in total. The smallest absolute Gasteiger partial charge is 0.294 e. The fourth-order valence-electron chi connectivity index (χ4n) is 4.23. The number of hydrogen-bond acceptors (Lipinski definition) is 5. The van der Waals surface area contributed by atoms with Crippen LogP contribution in [0.4, 0.5) is 0 Å². The number of aromatic amines is 1. The van der Waals surface area contributed by atoms with Crippen LogP contribution in [0.15, 0.2) is 35.4 Å². The second kappa shape index (κ2) is 10.1. The summed E-state index contributed by atoms with van der Waals surface area (Å²) in [5.74, 6) is -1.08. The van der Waals surface area contributed by atoms with Crippen molar-refractivity contribution in [2.45, 2.75) is 40.7 Å². The van der Waals surface area contributed by atoms with Crippen molar-refractivity contribution in [2.75, 3.05) is 20.1 Å². The zero-order valence-electron chi connectivity index (χ0n) is 20.5. The highest BCUT2D eigenvalue weighted by Gasteiger charge is 2.31. The van der Waals surface area contributed by atoms with E-state index in [1.54, 1.807) is 30.3 Å². The van der Waals surface area contributed by atoms with Crippen LogP contribution in [0.1, 0.15) is 55.4 Å². The Hall–Kier alpha value is -3.62. The van der Waals surface area contributed by atoms with Crippen LogP contribution in [-0.4, -0.2) is 56.5 Å². The summed E-state index contributed by atoms with van der Waals surface area (Å²) in [5.41, 5.74) is 1.25. The molecule has 0 fully saturated rings. The van der Waals surface area contributed by atoms with Crippen LogP contribution < -0.4 is 10.9 Å². The molecule has 0 saturated carbocycles. The number of carbonyl (C=O) groups excluding carboxylic acids is 2. The van der Waals surface area contributed by atoms with E-state index in [0.717, 1.165) is 0 Å². The summed E-state index contributed by atoms with van der Waals surface area (Å²) < 4.78 is 1.21. The average Bonchev–Trinajstić information content (AvgIpc) is 3.20. The molecule has 3 heterocycles. The quantitative estimate of drug-likeness (QED) is 0.471. The maximum Gasteiger partial charge on any atom is 0.294 e. The van der Waals surface area contributed by atoms with E-state index in [4.69, 9.17) is 0 Å². The van der Waals surface area contributed by atoms with Gasteiger partial charge in [0.05, 0.1) is 16.6 Å². The molecule has 0 radical (unpaired) electrons. The van der Waals surface area contributed by atoms with E-state index < -0.39 is 29.2 Å². The van der Waals surface area contributed by atoms with Crippen molar-refractivity contribution in [2.24, 2.45) is 11.8 Å². The summed E-state index contributed by atoms with van der Waals surface area (Å²) in [5, 5.41) is 13.5. The van der Waals surface area contributed by atoms with E-state index in [2.05, 4.69) is 15.3 Å². The van der Waals surface area contributed by atoms with Gasteiger partial charge in [0, 0.05) is 43.8 Å². The van der Waals surface area contributed by atoms with Crippen molar-refractivity contribution in [1.82, 2.24) is 24.8 Å². The Morgan fingerprint density at radius 3 is 2.44 bits per heavy atom. The van der Waals surface area contributed by atoms with Crippen LogP contribution in [0.25, 0.3) is 11.0 Å². The molecule has 3 N–H and O–H groups in total. The number of hydrogen-bond donors (Lipinski definition) is 3. The predicted octanol–water partition coefficient (Wildman–Crippen LogP) is 2.83. The minimum Gasteiger partial charge on any atom is -0.502 e. The number of aromatic hydroxyl groups is 1. The number of H-pyrrole nitrogens is 1. The van der Waals surface area contributed by atoms with Crippen LogP contribution in [-0.2, 0) is 4.79 Å². The molecule has 1 atom stereocenters. The van der Waals surface area contributed by atoms with Crippen LogP contribution in [0.3, 0.4) is 0 Å². The molecule has 0 bridgehead atoms. The first kappa shape index (κ1) is 25.0. The fourth-order valence-corrected chi connectivity index (χ4v) is 4.23. The van der Waals surface area contributed by atoms with Gasteiger partial charge in [-0.15, -0.1) is 0 Å². The van der Waals surface area contributed by atoms with Gasteiger partial charge in [0.15, 0.2) is 5.75 Å². The molecule has 0 saturated heterocycles. The molecule has 3 rings (SSSR count). The van der Waals surface area contributed by atoms with E-state index in [-0.39, 0.29) is 17.4 Å². The van der Waals surface area contributed by atoms with Crippen molar-refractivity contribution in [3.05, 3.63) is 57.8 Å². The summed E-state index contributed by atoms with van der Waals surface area (Å²) >= 11 is 0. The highest BCUT2D eigenvalue weighted by Crippen LogP contribution is 2.28. The van der Waals surface area contributed by atoms with Crippen LogP contribution >= 0.6 is 0 Å². The summed E-state index contributed by atoms with van der Waals surface area (Å²) in [7, 11) is 1.48. The third-order valence-electron chi connectivity index (χ3n) is 5.61. The van der Waals surface area contributed by atoms with Crippen molar-refractivity contribution in [3.63, 3.8) is 0 Å². The topological polar surface area (TPSA) is 120 Å². The molecular weight excluding hydrogens is 434 g/mol. The Kier molecular flexibility index (Phi) is 7.44. The molecule has 0 spiro atoms. The van der Waals surface area contributed by atoms with E-state index in [1.165, 1.54) is 17.7 Å². The number of amides is 2. The minimum absolute atomic E-state index is 0.0623. The average molecular weight is 468 g/mol. The van der Waals surface area contributed by atoms with Gasteiger partial charge in [0.25, 0.3) is 11.5 Å². The van der Waals surface area contributed by atoms with Gasteiger partial charge in [-0.3, -0.25) is 23.9 Å². The van der Waals surface area contributed by atoms with Crippen LogP contribution in [0, 0.1) is 18.8 Å². The molecule has 182 valence electrons. The zero-order valence-corrected chi connectivity index (χ0v) is 20.5. The molecule has 3 aromatic heterocycles. The van der Waals surface area contributed by atoms with E-state index in [9.17, 15) is 19.5 Å². The highest BCUT2D eigenvalue weighted by molar-refractivity contribution is 5.97. The summed E-state index contributed by atoms with van der Waals surface area (Å²) in [6.45, 7) is 10.7. The number of fused-ring (bicyclic) bond motifs is 1. The highest BCUT2D eigenvalue weighted by atomic mass is 16.3. The van der Waals surface area contributed by atoms with Crippen LogP contribution in [0.5, 0.6) is 5.75 Å². The molecule has 9 heteroatoms. The van der Waals surface area contributed by atoms with Crippen molar-refractivity contribution in [1.29, 1.82) is 0 Å². The first-order chi connectivity index (χ1) is 16.1. The van der Waals surface area contributed by atoms with Gasteiger partial charge < -0.3 is 20.3 Å². The molecule has 3 aromatic rings. The monoisotopic (exact) mass is 467 g/mol. The van der Waals surface area contributed by atoms with Gasteiger partial charge in [0.1, 0.15) is 6.04 Å². The Balaban J connectivity index is 2.16. The number of nitrogens with zero attached hydrogens (tertiary/aromatic N) is 3. The molecule has 34 heavy (non-hydrogen) atoms. The minimum atomic E-state index is -1.08. The first-order valence-corrected chi connectivity index (χ1v) is 11.4. The molecule has 0 aliphatic rings. The number of aromatic nitrogens is 3. The fraction of sp³-hybridized carbons (Fsp3) is 0.440. The Morgan fingerprint density at radius 2 is 1.85 bits per heavy atom. The lowest BCUT2D eigenvalue weighted by Crippen LogP contribution is -2.40. The molecular formula is C25H33N5O4. The van der Waals surface area contributed by atoms with Crippen molar-refractivity contribution < 1.29 is 14.7 Å². The summed E-state index contributed by atoms with van der Waals surface area (Å²) in [6.07, 6.45) is 3.24. The second-order valence-corrected chi connectivity index (χ2v) is 9.38. The first-order valence-electron chi connectivity index (χ1n) is 11.4. The number of nitrogens with one attached hydrogen (secondary N) is 2. The number of pyridine rings is 2. The molecule has 1 unspecified atom stereocenters. The van der Waals surface area contributed by atoms with Gasteiger partial charge in [0.2, 0.25) is 5.91 Å². The lowest BCUT2D eigenvalue weighted by Gasteiger charge is -2.27. The number of likely N-dealkylation sites (N-methyl/N-ethyl adjacent to an activating group) is 1.